The highest BCUT2D eigenvalue weighted by Gasteiger charge is 2.17. The normalized spacial score (nSPS) is 10.1. The number of rotatable bonds is 5. The fraction of sp³-hybridized carbons (Fsp3) is 0.0769. The number of carbonyl (C=O) groups is 1. The summed E-state index contributed by atoms with van der Waals surface area (Å²) in [6.07, 6.45) is 1.32. The Morgan fingerprint density at radius 3 is 2.86 bits per heavy atom. The molecule has 21 heavy (non-hydrogen) atoms. The molecule has 0 saturated carbocycles. The van der Waals surface area contributed by atoms with Crippen LogP contribution < -0.4 is 4.74 Å². The zero-order valence-corrected chi connectivity index (χ0v) is 11.3. The molecule has 2 rings (SSSR count). The van der Waals surface area contributed by atoms with Gasteiger partial charge in [0.15, 0.2) is 11.4 Å². The number of carboxylic acid groups (broad SMARTS) is 1. The lowest BCUT2D eigenvalue weighted by Gasteiger charge is -2.08. The number of carboxylic acids is 1. The predicted molar refractivity (Wildman–Crippen MR) is 73.6 cm³/mol. The van der Waals surface area contributed by atoms with E-state index in [1.807, 2.05) is 0 Å². The highest BCUT2D eigenvalue weighted by molar-refractivity contribution is 6.30. The molecular weight excluding hydrogens is 300 g/mol. The van der Waals surface area contributed by atoms with E-state index in [4.69, 9.17) is 21.4 Å². The first kappa shape index (κ1) is 14.7. The molecule has 0 bridgehead atoms. The predicted octanol–water partition coefficient (Wildman–Crippen LogP) is 2.92. The second kappa shape index (κ2) is 6.19. The zero-order valence-electron chi connectivity index (χ0n) is 10.5. The van der Waals surface area contributed by atoms with E-state index in [2.05, 4.69) is 4.98 Å². The maximum atomic E-state index is 11.0. The Labute approximate surface area is 123 Å². The lowest BCUT2D eigenvalue weighted by molar-refractivity contribution is -0.385. The molecule has 1 aromatic carbocycles. The average molecular weight is 309 g/mol. The van der Waals surface area contributed by atoms with Gasteiger partial charge in [0, 0.05) is 17.3 Å². The van der Waals surface area contributed by atoms with Crippen molar-refractivity contribution in [1.82, 2.24) is 4.98 Å². The molecular formula is C13H9ClN2O5. The molecule has 8 heteroatoms. The maximum absolute atomic E-state index is 11.0. The first-order chi connectivity index (χ1) is 9.99. The Bertz CT molecular complexity index is 705. The minimum absolute atomic E-state index is 0.0271. The van der Waals surface area contributed by atoms with Crippen molar-refractivity contribution in [2.45, 2.75) is 6.61 Å². The van der Waals surface area contributed by atoms with Crippen molar-refractivity contribution in [2.24, 2.45) is 0 Å². The smallest absolute Gasteiger partial charge is 0.358 e. The number of nitro groups is 1. The van der Waals surface area contributed by atoms with Crippen LogP contribution in [-0.2, 0) is 6.61 Å². The van der Waals surface area contributed by atoms with E-state index in [1.165, 1.54) is 36.5 Å². The van der Waals surface area contributed by atoms with Crippen molar-refractivity contribution in [3.63, 3.8) is 0 Å². The van der Waals surface area contributed by atoms with Gasteiger partial charge in [-0.3, -0.25) is 10.1 Å². The van der Waals surface area contributed by atoms with E-state index in [0.717, 1.165) is 0 Å². The van der Waals surface area contributed by atoms with E-state index in [0.29, 0.717) is 5.02 Å². The molecule has 108 valence electrons. The summed E-state index contributed by atoms with van der Waals surface area (Å²) in [6, 6.07) is 7.00. The Morgan fingerprint density at radius 2 is 2.19 bits per heavy atom. The standard InChI is InChI=1S/C13H9ClN2O5/c14-9-3-4-10(16(19)20)8(6-9)7-21-11-2-1-5-15-12(11)13(17)18/h1-6H,7H2,(H,17,18). The fourth-order valence-electron chi connectivity index (χ4n) is 1.67. The van der Waals surface area contributed by atoms with Crippen LogP contribution in [0.15, 0.2) is 36.5 Å². The number of hydrogen-bond donors (Lipinski definition) is 1. The van der Waals surface area contributed by atoms with Crippen LogP contribution in [0.2, 0.25) is 5.02 Å². The van der Waals surface area contributed by atoms with Crippen molar-refractivity contribution >= 4 is 23.3 Å². The minimum Gasteiger partial charge on any atom is -0.486 e. The van der Waals surface area contributed by atoms with Gasteiger partial charge in [0.05, 0.1) is 10.5 Å². The molecule has 7 nitrogen and oxygen atoms in total. The second-order valence-electron chi connectivity index (χ2n) is 3.97. The van der Waals surface area contributed by atoms with Crippen LogP contribution in [0, 0.1) is 10.1 Å². The van der Waals surface area contributed by atoms with Gasteiger partial charge in [-0.05, 0) is 24.3 Å². The van der Waals surface area contributed by atoms with Gasteiger partial charge in [-0.15, -0.1) is 0 Å². The number of benzene rings is 1. The second-order valence-corrected chi connectivity index (χ2v) is 4.41. The topological polar surface area (TPSA) is 103 Å². The van der Waals surface area contributed by atoms with Gasteiger partial charge in [0.25, 0.3) is 5.69 Å². The van der Waals surface area contributed by atoms with Gasteiger partial charge in [-0.2, -0.15) is 0 Å². The van der Waals surface area contributed by atoms with Gasteiger partial charge in [-0.25, -0.2) is 9.78 Å². The fourth-order valence-corrected chi connectivity index (χ4v) is 1.87. The summed E-state index contributed by atoms with van der Waals surface area (Å²) in [6.45, 7) is -0.192. The highest BCUT2D eigenvalue weighted by atomic mass is 35.5. The monoisotopic (exact) mass is 308 g/mol. The number of nitrogens with zero attached hydrogens (tertiary/aromatic N) is 2. The highest BCUT2D eigenvalue weighted by Crippen LogP contribution is 2.25. The Hall–Kier alpha value is -2.67. The van der Waals surface area contributed by atoms with E-state index in [-0.39, 0.29) is 29.3 Å². The molecule has 1 heterocycles. The average Bonchev–Trinajstić information content (AvgIpc) is 2.45. The molecule has 0 fully saturated rings. The number of ether oxygens (including phenoxy) is 1. The van der Waals surface area contributed by atoms with Crippen LogP contribution in [0.25, 0.3) is 0 Å². The van der Waals surface area contributed by atoms with Gasteiger partial charge in [-0.1, -0.05) is 11.6 Å². The van der Waals surface area contributed by atoms with Crippen molar-refractivity contribution < 1.29 is 19.6 Å². The first-order valence-electron chi connectivity index (χ1n) is 5.73. The molecule has 1 N–H and O–H groups in total. The van der Waals surface area contributed by atoms with Gasteiger partial charge in [0.1, 0.15) is 6.61 Å². The minimum atomic E-state index is -1.24. The third-order valence-corrected chi connectivity index (χ3v) is 2.83. The summed E-state index contributed by atoms with van der Waals surface area (Å²) in [5.41, 5.74) is -0.171. The van der Waals surface area contributed by atoms with E-state index < -0.39 is 10.9 Å². The zero-order chi connectivity index (χ0) is 15.4. The summed E-state index contributed by atoms with van der Waals surface area (Å²) in [4.78, 5) is 25.0. The van der Waals surface area contributed by atoms with E-state index >= 15 is 0 Å². The van der Waals surface area contributed by atoms with Gasteiger partial charge < -0.3 is 9.84 Å². The van der Waals surface area contributed by atoms with Gasteiger partial charge in [0.2, 0.25) is 0 Å². The Kier molecular flexibility index (Phi) is 4.34. The number of pyridine rings is 1. The molecule has 0 aliphatic heterocycles. The Morgan fingerprint density at radius 1 is 1.43 bits per heavy atom. The maximum Gasteiger partial charge on any atom is 0.358 e. The molecule has 0 radical (unpaired) electrons. The number of nitro benzene ring substituents is 1. The molecule has 0 saturated heterocycles. The van der Waals surface area contributed by atoms with E-state index in [9.17, 15) is 14.9 Å². The van der Waals surface area contributed by atoms with Crippen molar-refractivity contribution in [2.75, 3.05) is 0 Å². The summed E-state index contributed by atoms with van der Waals surface area (Å²) < 4.78 is 5.32. The van der Waals surface area contributed by atoms with Crippen LogP contribution in [0.4, 0.5) is 5.69 Å². The van der Waals surface area contributed by atoms with Crippen molar-refractivity contribution in [3.05, 3.63) is 62.9 Å². The van der Waals surface area contributed by atoms with Crippen molar-refractivity contribution in [3.8, 4) is 5.75 Å². The molecule has 1 aromatic heterocycles. The molecule has 0 aliphatic rings. The molecule has 0 spiro atoms. The van der Waals surface area contributed by atoms with Crippen LogP contribution in [-0.4, -0.2) is 21.0 Å². The number of aromatic nitrogens is 1. The molecule has 0 amide bonds. The molecule has 2 aromatic rings. The van der Waals surface area contributed by atoms with Gasteiger partial charge >= 0.3 is 5.97 Å². The lowest BCUT2D eigenvalue weighted by atomic mass is 10.2. The number of halogens is 1. The summed E-state index contributed by atoms with van der Waals surface area (Å²) in [5, 5.41) is 20.2. The quantitative estimate of drug-likeness (QED) is 0.673. The number of aromatic carboxylic acids is 1. The summed E-state index contributed by atoms with van der Waals surface area (Å²) in [7, 11) is 0. The molecule has 0 unspecified atom stereocenters. The molecule has 0 atom stereocenters. The van der Waals surface area contributed by atoms with Crippen LogP contribution in [0.1, 0.15) is 16.1 Å². The lowest BCUT2D eigenvalue weighted by Crippen LogP contribution is -2.06. The van der Waals surface area contributed by atoms with Crippen LogP contribution >= 0.6 is 11.6 Å². The molecule has 0 aliphatic carbocycles. The summed E-state index contributed by atoms with van der Waals surface area (Å²) >= 11 is 5.80. The van der Waals surface area contributed by atoms with Crippen LogP contribution in [0.5, 0.6) is 5.75 Å². The van der Waals surface area contributed by atoms with Crippen LogP contribution in [0.3, 0.4) is 0 Å². The largest absolute Gasteiger partial charge is 0.486 e. The SMILES string of the molecule is O=C(O)c1ncccc1OCc1cc(Cl)ccc1[N+](=O)[O-]. The third-order valence-electron chi connectivity index (χ3n) is 2.59. The van der Waals surface area contributed by atoms with E-state index in [1.54, 1.807) is 0 Å². The number of hydrogen-bond acceptors (Lipinski definition) is 5. The van der Waals surface area contributed by atoms with Crippen molar-refractivity contribution in [1.29, 1.82) is 0 Å². The Balaban J connectivity index is 2.27. The summed E-state index contributed by atoms with van der Waals surface area (Å²) in [5.74, 6) is -1.22. The first-order valence-corrected chi connectivity index (χ1v) is 6.10. The third kappa shape index (κ3) is 3.46.